The largest absolute Gasteiger partial charge is 0.296 e. The van der Waals surface area contributed by atoms with Gasteiger partial charge in [0.25, 0.3) is 0 Å². The minimum absolute atomic E-state index is 0.239. The number of nitriles is 1. The Balaban J connectivity index is 0.000000861. The number of imide groups is 1. The van der Waals surface area contributed by atoms with E-state index in [1.807, 2.05) is 26.8 Å². The third kappa shape index (κ3) is 3.41. The van der Waals surface area contributed by atoms with Gasteiger partial charge in [0.1, 0.15) is 0 Å². The quantitative estimate of drug-likeness (QED) is 0.786. The molecule has 1 atom stereocenters. The van der Waals surface area contributed by atoms with E-state index in [0.29, 0.717) is 24.0 Å². The lowest BCUT2D eigenvalue weighted by molar-refractivity contribution is -0.134. The van der Waals surface area contributed by atoms with Gasteiger partial charge in [-0.05, 0) is 30.5 Å². The van der Waals surface area contributed by atoms with Crippen LogP contribution in [0.3, 0.4) is 0 Å². The highest BCUT2D eigenvalue weighted by Gasteiger charge is 2.29. The Labute approximate surface area is 113 Å². The number of aryl methyl sites for hydroxylation is 1. The van der Waals surface area contributed by atoms with Crippen LogP contribution in [0.25, 0.3) is 0 Å². The highest BCUT2D eigenvalue weighted by molar-refractivity contribution is 6.01. The van der Waals surface area contributed by atoms with E-state index in [2.05, 4.69) is 11.4 Å². The van der Waals surface area contributed by atoms with Gasteiger partial charge in [0, 0.05) is 6.42 Å². The molecule has 1 N–H and O–H groups in total. The summed E-state index contributed by atoms with van der Waals surface area (Å²) >= 11 is 0. The Morgan fingerprint density at radius 2 is 2.00 bits per heavy atom. The number of rotatable bonds is 1. The summed E-state index contributed by atoms with van der Waals surface area (Å²) in [4.78, 5) is 22.8. The van der Waals surface area contributed by atoms with Crippen molar-refractivity contribution >= 4 is 11.8 Å². The second-order valence-corrected chi connectivity index (χ2v) is 4.21. The van der Waals surface area contributed by atoms with Gasteiger partial charge in [0.15, 0.2) is 0 Å². The molecule has 0 aromatic heterocycles. The van der Waals surface area contributed by atoms with Crippen LogP contribution in [0.5, 0.6) is 0 Å². The number of hydrogen-bond acceptors (Lipinski definition) is 3. The molecule has 1 aliphatic heterocycles. The molecule has 100 valence electrons. The average molecular weight is 258 g/mol. The molecule has 1 unspecified atom stereocenters. The minimum atomic E-state index is -0.386. The van der Waals surface area contributed by atoms with Gasteiger partial charge >= 0.3 is 0 Å². The molecule has 1 aromatic rings. The number of hydrogen-bond donors (Lipinski definition) is 1. The molecule has 4 heteroatoms. The predicted octanol–water partition coefficient (Wildman–Crippen LogP) is 2.41. The van der Waals surface area contributed by atoms with Gasteiger partial charge in [0.2, 0.25) is 11.8 Å². The lowest BCUT2D eigenvalue weighted by Gasteiger charge is -2.22. The van der Waals surface area contributed by atoms with E-state index < -0.39 is 0 Å². The van der Waals surface area contributed by atoms with Crippen molar-refractivity contribution in [1.82, 2.24) is 5.32 Å². The van der Waals surface area contributed by atoms with Gasteiger partial charge in [0.05, 0.1) is 17.6 Å². The van der Waals surface area contributed by atoms with Crippen LogP contribution in [-0.2, 0) is 9.59 Å². The van der Waals surface area contributed by atoms with Crippen molar-refractivity contribution < 1.29 is 9.59 Å². The van der Waals surface area contributed by atoms with Crippen LogP contribution in [0.2, 0.25) is 0 Å². The number of nitrogens with zero attached hydrogens (tertiary/aromatic N) is 1. The second-order valence-electron chi connectivity index (χ2n) is 4.21. The number of piperidine rings is 1. The number of benzene rings is 1. The normalized spacial score (nSPS) is 17.9. The Kier molecular flexibility index (Phi) is 5.25. The van der Waals surface area contributed by atoms with E-state index in [0.717, 1.165) is 5.56 Å². The van der Waals surface area contributed by atoms with Crippen LogP contribution in [0.15, 0.2) is 18.2 Å². The molecule has 0 spiro atoms. The van der Waals surface area contributed by atoms with Crippen LogP contribution < -0.4 is 5.32 Å². The monoisotopic (exact) mass is 258 g/mol. The van der Waals surface area contributed by atoms with Crippen molar-refractivity contribution in [3.05, 3.63) is 34.9 Å². The predicted molar refractivity (Wildman–Crippen MR) is 72.4 cm³/mol. The smallest absolute Gasteiger partial charge is 0.234 e. The minimum Gasteiger partial charge on any atom is -0.296 e. The summed E-state index contributed by atoms with van der Waals surface area (Å²) in [7, 11) is 0. The van der Waals surface area contributed by atoms with Gasteiger partial charge in [-0.25, -0.2) is 0 Å². The van der Waals surface area contributed by atoms with E-state index in [1.165, 1.54) is 0 Å². The first-order valence-electron chi connectivity index (χ1n) is 6.46. The lowest BCUT2D eigenvalue weighted by Crippen LogP contribution is -2.39. The summed E-state index contributed by atoms with van der Waals surface area (Å²) in [6.45, 7) is 5.90. The SMILES string of the molecule is CC.Cc1ccc(C2CCC(=O)NC2=O)c(C#N)c1. The summed E-state index contributed by atoms with van der Waals surface area (Å²) in [5, 5.41) is 11.4. The lowest BCUT2D eigenvalue weighted by atomic mass is 9.87. The fourth-order valence-corrected chi connectivity index (χ4v) is 2.06. The van der Waals surface area contributed by atoms with Crippen LogP contribution in [0.1, 0.15) is 49.3 Å². The summed E-state index contributed by atoms with van der Waals surface area (Å²) in [6, 6.07) is 7.54. The molecule has 2 rings (SSSR count). The topological polar surface area (TPSA) is 70.0 Å². The van der Waals surface area contributed by atoms with Crippen LogP contribution in [0.4, 0.5) is 0 Å². The van der Waals surface area contributed by atoms with Gasteiger partial charge < -0.3 is 0 Å². The molecule has 1 aromatic carbocycles. The first-order valence-corrected chi connectivity index (χ1v) is 6.46. The number of carbonyl (C=O) groups excluding carboxylic acids is 2. The fourth-order valence-electron chi connectivity index (χ4n) is 2.06. The maximum atomic E-state index is 11.7. The first-order chi connectivity index (χ1) is 9.11. The molecular weight excluding hydrogens is 240 g/mol. The third-order valence-corrected chi connectivity index (χ3v) is 2.94. The summed E-state index contributed by atoms with van der Waals surface area (Å²) in [6.07, 6.45) is 0.803. The van der Waals surface area contributed by atoms with Gasteiger partial charge in [-0.2, -0.15) is 5.26 Å². The van der Waals surface area contributed by atoms with E-state index >= 15 is 0 Å². The maximum absolute atomic E-state index is 11.7. The fraction of sp³-hybridized carbons (Fsp3) is 0.400. The van der Waals surface area contributed by atoms with Gasteiger partial charge in [-0.3, -0.25) is 14.9 Å². The highest BCUT2D eigenvalue weighted by atomic mass is 16.2. The molecule has 0 aliphatic carbocycles. The molecule has 2 amide bonds. The molecule has 1 heterocycles. The van der Waals surface area contributed by atoms with Crippen LogP contribution in [-0.4, -0.2) is 11.8 Å². The summed E-state index contributed by atoms with van der Waals surface area (Å²) < 4.78 is 0. The van der Waals surface area contributed by atoms with E-state index in [4.69, 9.17) is 5.26 Å². The Morgan fingerprint density at radius 1 is 1.32 bits per heavy atom. The molecular formula is C15H18N2O2. The van der Waals surface area contributed by atoms with E-state index in [-0.39, 0.29) is 17.7 Å². The average Bonchev–Trinajstić information content (AvgIpc) is 2.41. The molecule has 1 saturated heterocycles. The number of nitrogens with one attached hydrogen (secondary N) is 1. The number of amides is 2. The van der Waals surface area contributed by atoms with Gasteiger partial charge in [-0.1, -0.05) is 26.0 Å². The summed E-state index contributed by atoms with van der Waals surface area (Å²) in [5.74, 6) is -0.929. The van der Waals surface area contributed by atoms with Crippen LogP contribution >= 0.6 is 0 Å². The van der Waals surface area contributed by atoms with E-state index in [9.17, 15) is 9.59 Å². The zero-order valence-corrected chi connectivity index (χ0v) is 11.5. The summed E-state index contributed by atoms with van der Waals surface area (Å²) in [5.41, 5.74) is 2.21. The van der Waals surface area contributed by atoms with Crippen molar-refractivity contribution in [1.29, 1.82) is 5.26 Å². The Morgan fingerprint density at radius 3 is 2.58 bits per heavy atom. The maximum Gasteiger partial charge on any atom is 0.234 e. The zero-order valence-electron chi connectivity index (χ0n) is 11.5. The van der Waals surface area contributed by atoms with Crippen molar-refractivity contribution in [2.45, 2.75) is 39.5 Å². The molecule has 0 saturated carbocycles. The van der Waals surface area contributed by atoms with Crippen molar-refractivity contribution in [3.8, 4) is 6.07 Å². The first kappa shape index (κ1) is 14.9. The highest BCUT2D eigenvalue weighted by Crippen LogP contribution is 2.27. The molecule has 1 fully saturated rings. The third-order valence-electron chi connectivity index (χ3n) is 2.94. The second kappa shape index (κ2) is 6.69. The molecule has 4 nitrogen and oxygen atoms in total. The number of carbonyl (C=O) groups is 2. The van der Waals surface area contributed by atoms with Crippen molar-refractivity contribution in [3.63, 3.8) is 0 Å². The standard InChI is InChI=1S/C13H12N2O2.C2H6/c1-8-2-3-10(9(6-8)7-14)11-4-5-12(16)15-13(11)17;1-2/h2-3,6,11H,4-5H2,1H3,(H,15,16,17);1-2H3. The molecule has 1 aliphatic rings. The van der Waals surface area contributed by atoms with Crippen LogP contribution in [0, 0.1) is 18.3 Å². The molecule has 19 heavy (non-hydrogen) atoms. The zero-order chi connectivity index (χ0) is 14.4. The van der Waals surface area contributed by atoms with E-state index in [1.54, 1.807) is 12.1 Å². The van der Waals surface area contributed by atoms with Gasteiger partial charge in [-0.15, -0.1) is 0 Å². The Hall–Kier alpha value is -2.15. The van der Waals surface area contributed by atoms with Crippen molar-refractivity contribution in [2.24, 2.45) is 0 Å². The Bertz CT molecular complexity index is 529. The molecule has 0 bridgehead atoms. The molecule has 0 radical (unpaired) electrons. The van der Waals surface area contributed by atoms with Crippen molar-refractivity contribution in [2.75, 3.05) is 0 Å².